The highest BCUT2D eigenvalue weighted by atomic mass is 35.5. The third-order valence-corrected chi connectivity index (χ3v) is 5.09. The monoisotopic (exact) mass is 364 g/mol. The number of halogens is 1. The number of nitrogens with zero attached hydrogens (tertiary/aromatic N) is 2. The Balaban J connectivity index is 1.40. The van der Waals surface area contributed by atoms with Gasteiger partial charge in [-0.25, -0.2) is 0 Å². The molecule has 2 amide bonds. The van der Waals surface area contributed by atoms with Gasteiger partial charge in [0, 0.05) is 42.9 Å². The summed E-state index contributed by atoms with van der Waals surface area (Å²) in [5.41, 5.74) is 1.64. The van der Waals surface area contributed by atoms with Crippen LogP contribution < -0.4 is 10.6 Å². The fourth-order valence-electron chi connectivity index (χ4n) is 2.95. The summed E-state index contributed by atoms with van der Waals surface area (Å²) in [5.74, 6) is 0.0791. The molecule has 2 fully saturated rings. The van der Waals surface area contributed by atoms with Gasteiger partial charge in [0.1, 0.15) is 0 Å². The maximum atomic E-state index is 12.3. The van der Waals surface area contributed by atoms with Crippen LogP contribution in [0.5, 0.6) is 0 Å². The molecule has 6 nitrogen and oxygen atoms in total. The Hall–Kier alpha value is -1.63. The standard InChI is InChI=1S/C18H25ClN4O2/c1-13-15(19)3-2-4-16(13)21-18(25)12-23-9-7-22(8-10-23)11-17(24)20-14-5-6-14/h2-4,14H,5-12H2,1H3,(H,20,24)(H,21,25). The van der Waals surface area contributed by atoms with Gasteiger partial charge in [0.15, 0.2) is 0 Å². The minimum atomic E-state index is -0.0368. The number of amides is 2. The lowest BCUT2D eigenvalue weighted by atomic mass is 10.2. The maximum Gasteiger partial charge on any atom is 0.238 e. The average molecular weight is 365 g/mol. The summed E-state index contributed by atoms with van der Waals surface area (Å²) >= 11 is 6.08. The lowest BCUT2D eigenvalue weighted by Gasteiger charge is -2.33. The van der Waals surface area contributed by atoms with Crippen molar-refractivity contribution in [2.24, 2.45) is 0 Å². The van der Waals surface area contributed by atoms with Crippen LogP contribution in [0, 0.1) is 6.92 Å². The number of carbonyl (C=O) groups excluding carboxylic acids is 2. The molecule has 1 aliphatic heterocycles. The molecule has 136 valence electrons. The molecule has 7 heteroatoms. The van der Waals surface area contributed by atoms with E-state index in [1.807, 2.05) is 25.1 Å². The smallest absolute Gasteiger partial charge is 0.238 e. The van der Waals surface area contributed by atoms with Crippen molar-refractivity contribution in [1.29, 1.82) is 0 Å². The minimum absolute atomic E-state index is 0.0368. The highest BCUT2D eigenvalue weighted by molar-refractivity contribution is 6.31. The molecule has 25 heavy (non-hydrogen) atoms. The van der Waals surface area contributed by atoms with Gasteiger partial charge >= 0.3 is 0 Å². The Morgan fingerprint density at radius 1 is 1.08 bits per heavy atom. The third kappa shape index (κ3) is 5.42. The Kier molecular flexibility index (Phi) is 5.93. The Morgan fingerprint density at radius 2 is 1.68 bits per heavy atom. The fourth-order valence-corrected chi connectivity index (χ4v) is 3.12. The normalized spacial score (nSPS) is 18.8. The molecule has 1 saturated carbocycles. The van der Waals surface area contributed by atoms with E-state index < -0.39 is 0 Å². The summed E-state index contributed by atoms with van der Waals surface area (Å²) in [6, 6.07) is 5.91. The van der Waals surface area contributed by atoms with E-state index in [2.05, 4.69) is 20.4 Å². The van der Waals surface area contributed by atoms with Gasteiger partial charge in [0.05, 0.1) is 13.1 Å². The average Bonchev–Trinajstić information content (AvgIpc) is 3.37. The highest BCUT2D eigenvalue weighted by Crippen LogP contribution is 2.23. The van der Waals surface area contributed by atoms with Gasteiger partial charge in [0.25, 0.3) is 0 Å². The van der Waals surface area contributed by atoms with E-state index in [1.165, 1.54) is 0 Å². The second-order valence-corrected chi connectivity index (χ2v) is 7.26. The first kappa shape index (κ1) is 18.2. The topological polar surface area (TPSA) is 64.7 Å². The predicted octanol–water partition coefficient (Wildman–Crippen LogP) is 1.48. The van der Waals surface area contributed by atoms with Crippen molar-refractivity contribution < 1.29 is 9.59 Å². The number of hydrogen-bond donors (Lipinski definition) is 2. The van der Waals surface area contributed by atoms with Crippen molar-refractivity contribution in [3.63, 3.8) is 0 Å². The minimum Gasteiger partial charge on any atom is -0.352 e. The molecular weight excluding hydrogens is 340 g/mol. The van der Waals surface area contributed by atoms with E-state index in [4.69, 9.17) is 11.6 Å². The van der Waals surface area contributed by atoms with Crippen LogP contribution in [0.1, 0.15) is 18.4 Å². The molecule has 2 N–H and O–H groups in total. The van der Waals surface area contributed by atoms with E-state index in [9.17, 15) is 9.59 Å². The van der Waals surface area contributed by atoms with Crippen LogP contribution in [0.3, 0.4) is 0 Å². The number of rotatable bonds is 6. The summed E-state index contributed by atoms with van der Waals surface area (Å²) < 4.78 is 0. The molecule has 2 aliphatic rings. The van der Waals surface area contributed by atoms with Crippen molar-refractivity contribution in [1.82, 2.24) is 15.1 Å². The number of piperazine rings is 1. The van der Waals surface area contributed by atoms with E-state index in [0.29, 0.717) is 24.2 Å². The van der Waals surface area contributed by atoms with Crippen LogP contribution >= 0.6 is 11.6 Å². The van der Waals surface area contributed by atoms with Crippen LogP contribution in [-0.2, 0) is 9.59 Å². The number of nitrogens with one attached hydrogen (secondary N) is 2. The molecule has 0 bridgehead atoms. The molecule has 1 aromatic rings. The lowest BCUT2D eigenvalue weighted by Crippen LogP contribution is -2.51. The van der Waals surface area contributed by atoms with Crippen LogP contribution in [-0.4, -0.2) is 66.9 Å². The number of hydrogen-bond acceptors (Lipinski definition) is 4. The molecule has 1 aromatic carbocycles. The Morgan fingerprint density at radius 3 is 2.28 bits per heavy atom. The maximum absolute atomic E-state index is 12.3. The van der Waals surface area contributed by atoms with E-state index in [-0.39, 0.29) is 11.8 Å². The summed E-state index contributed by atoms with van der Waals surface area (Å²) in [5, 5.41) is 6.59. The van der Waals surface area contributed by atoms with Crippen molar-refractivity contribution in [2.75, 3.05) is 44.6 Å². The highest BCUT2D eigenvalue weighted by Gasteiger charge is 2.25. The van der Waals surface area contributed by atoms with Gasteiger partial charge < -0.3 is 10.6 Å². The molecule has 1 saturated heterocycles. The van der Waals surface area contributed by atoms with Gasteiger partial charge in [0.2, 0.25) is 11.8 Å². The van der Waals surface area contributed by atoms with Gasteiger partial charge in [-0.15, -0.1) is 0 Å². The van der Waals surface area contributed by atoms with Crippen LogP contribution in [0.25, 0.3) is 0 Å². The first-order valence-corrected chi connectivity index (χ1v) is 9.18. The first-order valence-electron chi connectivity index (χ1n) is 8.80. The molecule has 0 aromatic heterocycles. The lowest BCUT2D eigenvalue weighted by molar-refractivity contribution is -0.123. The number of carbonyl (C=O) groups is 2. The summed E-state index contributed by atoms with van der Waals surface area (Å²) in [6.45, 7) is 5.90. The zero-order valence-corrected chi connectivity index (χ0v) is 15.3. The first-order chi connectivity index (χ1) is 12.0. The summed E-state index contributed by atoms with van der Waals surface area (Å²) in [6.07, 6.45) is 2.22. The van der Waals surface area contributed by atoms with Gasteiger partial charge in [-0.2, -0.15) is 0 Å². The molecule has 3 rings (SSSR count). The predicted molar refractivity (Wildman–Crippen MR) is 98.9 cm³/mol. The largest absolute Gasteiger partial charge is 0.352 e. The molecule has 1 aliphatic carbocycles. The van der Waals surface area contributed by atoms with Gasteiger partial charge in [-0.05, 0) is 37.5 Å². The summed E-state index contributed by atoms with van der Waals surface area (Å²) in [7, 11) is 0. The molecule has 0 radical (unpaired) electrons. The van der Waals surface area contributed by atoms with E-state index in [0.717, 1.165) is 50.3 Å². The number of benzene rings is 1. The van der Waals surface area contributed by atoms with Gasteiger partial charge in [-0.3, -0.25) is 19.4 Å². The molecular formula is C18H25ClN4O2. The Bertz CT molecular complexity index is 640. The second kappa shape index (κ2) is 8.17. The third-order valence-electron chi connectivity index (χ3n) is 4.68. The summed E-state index contributed by atoms with van der Waals surface area (Å²) in [4.78, 5) is 28.4. The van der Waals surface area contributed by atoms with Gasteiger partial charge in [-0.1, -0.05) is 17.7 Å². The fraction of sp³-hybridized carbons (Fsp3) is 0.556. The van der Waals surface area contributed by atoms with E-state index in [1.54, 1.807) is 0 Å². The Labute approximate surface area is 153 Å². The van der Waals surface area contributed by atoms with Crippen molar-refractivity contribution in [3.05, 3.63) is 28.8 Å². The second-order valence-electron chi connectivity index (χ2n) is 6.85. The molecule has 0 atom stereocenters. The van der Waals surface area contributed by atoms with Crippen molar-refractivity contribution >= 4 is 29.1 Å². The molecule has 0 spiro atoms. The van der Waals surface area contributed by atoms with Crippen LogP contribution in [0.2, 0.25) is 5.02 Å². The van der Waals surface area contributed by atoms with Crippen molar-refractivity contribution in [3.8, 4) is 0 Å². The zero-order valence-electron chi connectivity index (χ0n) is 14.6. The zero-order chi connectivity index (χ0) is 17.8. The SMILES string of the molecule is Cc1c(Cl)cccc1NC(=O)CN1CCN(CC(=O)NC2CC2)CC1. The number of anilines is 1. The quantitative estimate of drug-likeness (QED) is 0.802. The van der Waals surface area contributed by atoms with E-state index >= 15 is 0 Å². The molecule has 0 unspecified atom stereocenters. The van der Waals surface area contributed by atoms with Crippen LogP contribution in [0.15, 0.2) is 18.2 Å². The van der Waals surface area contributed by atoms with Crippen molar-refractivity contribution in [2.45, 2.75) is 25.8 Å². The molecule has 1 heterocycles. The van der Waals surface area contributed by atoms with Crippen LogP contribution in [0.4, 0.5) is 5.69 Å².